The quantitative estimate of drug-likeness (QED) is 0.422. The standard InChI is InChI=1S/C22H36N5O3.2CO2.Y/c1-18-6-5-7-19(2)22(18)23-20(28)16-26-12-10-24(3)8-9-25(4)11-13-27(15-14-26)17-21(29)30;2*2-1-3;/h6-7H,8-17H2,1-4H3,(H,23,28)(H,29,30);;;/q-1;;;. The fourth-order valence-electron chi connectivity index (χ4n) is 3.53. The Labute approximate surface area is 243 Å². The first-order valence-corrected chi connectivity index (χ1v) is 11.4. The van der Waals surface area contributed by atoms with Crippen LogP contribution in [0.15, 0.2) is 12.1 Å². The van der Waals surface area contributed by atoms with Gasteiger partial charge in [-0.15, -0.1) is 11.1 Å². The van der Waals surface area contributed by atoms with Gasteiger partial charge >= 0.3 is 18.3 Å². The van der Waals surface area contributed by atoms with Crippen LogP contribution in [0.2, 0.25) is 0 Å². The number of anilines is 1. The molecule has 1 amide bonds. The molecule has 0 spiro atoms. The number of likely N-dealkylation sites (N-methyl/N-ethyl adjacent to an activating group) is 2. The van der Waals surface area contributed by atoms with Crippen LogP contribution in [0.25, 0.3) is 0 Å². The van der Waals surface area contributed by atoms with Crippen LogP contribution in [-0.2, 0) is 61.5 Å². The van der Waals surface area contributed by atoms with E-state index in [4.69, 9.17) is 19.2 Å². The molecular weight excluding hydrogens is 559 g/mol. The number of carbonyl (C=O) groups excluding carboxylic acids is 5. The minimum absolute atomic E-state index is 0. The number of rotatable bonds is 5. The predicted octanol–water partition coefficient (Wildman–Crippen LogP) is -0.562. The van der Waals surface area contributed by atoms with Gasteiger partial charge in [-0.3, -0.25) is 19.4 Å². The van der Waals surface area contributed by atoms with Crippen molar-refractivity contribution in [1.29, 1.82) is 0 Å². The minimum Gasteiger partial charge on any atom is -0.480 e. The van der Waals surface area contributed by atoms with E-state index in [-0.39, 0.29) is 64.0 Å². The molecule has 1 aromatic carbocycles. The van der Waals surface area contributed by atoms with Gasteiger partial charge in [0.25, 0.3) is 0 Å². The SMILES string of the molecule is Cc1c[c-]cc(C)c1NC(=O)CN1CCN(C)CCN(C)CCN(CC(=O)O)CC1.O=C=O.O=C=O.[Y]. The maximum atomic E-state index is 12.8. The van der Waals surface area contributed by atoms with E-state index in [0.717, 1.165) is 49.5 Å². The largest absolute Gasteiger partial charge is 0.480 e. The van der Waals surface area contributed by atoms with Crippen molar-refractivity contribution >= 4 is 29.9 Å². The summed E-state index contributed by atoms with van der Waals surface area (Å²) in [6, 6.07) is 6.81. The number of aliphatic carboxylic acids is 1. The summed E-state index contributed by atoms with van der Waals surface area (Å²) in [5.74, 6) is -0.868. The molecule has 0 aromatic heterocycles. The van der Waals surface area contributed by atoms with E-state index in [0.29, 0.717) is 19.6 Å². The van der Waals surface area contributed by atoms with Crippen molar-refractivity contribution in [3.05, 3.63) is 29.3 Å². The van der Waals surface area contributed by atoms with Gasteiger partial charge in [-0.05, 0) is 14.1 Å². The molecule has 1 radical (unpaired) electrons. The zero-order valence-corrected chi connectivity index (χ0v) is 24.8. The molecule has 12 nitrogen and oxygen atoms in total. The van der Waals surface area contributed by atoms with Crippen molar-refractivity contribution in [3.63, 3.8) is 0 Å². The summed E-state index contributed by atoms with van der Waals surface area (Å²) in [7, 11) is 4.17. The molecule has 1 heterocycles. The number of nitrogens with zero attached hydrogens (tertiary/aromatic N) is 4. The molecule has 0 aliphatic carbocycles. The molecule has 203 valence electrons. The first-order chi connectivity index (χ1) is 17.1. The third-order valence-corrected chi connectivity index (χ3v) is 5.57. The summed E-state index contributed by atoms with van der Waals surface area (Å²) >= 11 is 0. The van der Waals surface area contributed by atoms with Crippen molar-refractivity contribution < 1.29 is 66.6 Å². The maximum Gasteiger partial charge on any atom is 0.373 e. The van der Waals surface area contributed by atoms with E-state index in [9.17, 15) is 14.7 Å². The van der Waals surface area contributed by atoms with Crippen LogP contribution in [0.1, 0.15) is 11.1 Å². The van der Waals surface area contributed by atoms with Crippen molar-refractivity contribution in [1.82, 2.24) is 19.6 Å². The number of carboxylic acid groups (broad SMARTS) is 1. The van der Waals surface area contributed by atoms with Crippen molar-refractivity contribution in [2.75, 3.05) is 84.9 Å². The molecule has 0 bridgehead atoms. The van der Waals surface area contributed by atoms with Gasteiger partial charge in [0.2, 0.25) is 5.91 Å². The number of carboxylic acids is 1. The summed E-state index contributed by atoms with van der Waals surface area (Å²) < 4.78 is 0. The molecular formula is C24H36N5O7Y-. The molecule has 37 heavy (non-hydrogen) atoms. The second kappa shape index (κ2) is 21.9. The van der Waals surface area contributed by atoms with Crippen molar-refractivity contribution in [3.8, 4) is 0 Å². The Hall–Kier alpha value is -2.14. The summed E-state index contributed by atoms with van der Waals surface area (Å²) in [5, 5.41) is 12.3. The maximum absolute atomic E-state index is 12.8. The Balaban J connectivity index is 0. The molecule has 1 fully saturated rings. The van der Waals surface area contributed by atoms with Gasteiger partial charge in [0.15, 0.2) is 0 Å². The summed E-state index contributed by atoms with van der Waals surface area (Å²) in [6.07, 6.45) is 0.500. The number of hydrogen-bond donors (Lipinski definition) is 2. The van der Waals surface area contributed by atoms with Crippen LogP contribution in [-0.4, -0.2) is 128 Å². The van der Waals surface area contributed by atoms with Gasteiger partial charge in [-0.2, -0.15) is 37.4 Å². The van der Waals surface area contributed by atoms with E-state index in [2.05, 4.69) is 40.2 Å². The molecule has 2 rings (SSSR count). The molecule has 13 heteroatoms. The number of amides is 1. The second-order valence-electron chi connectivity index (χ2n) is 8.46. The molecule has 0 unspecified atom stereocenters. The van der Waals surface area contributed by atoms with Crippen LogP contribution < -0.4 is 5.32 Å². The second-order valence-corrected chi connectivity index (χ2v) is 8.46. The Morgan fingerprint density at radius 1 is 0.811 bits per heavy atom. The number of benzene rings is 1. The molecule has 0 saturated carbocycles. The Kier molecular flexibility index (Phi) is 21.9. The third kappa shape index (κ3) is 17.9. The van der Waals surface area contributed by atoms with Crippen LogP contribution in [0.4, 0.5) is 5.69 Å². The van der Waals surface area contributed by atoms with E-state index in [1.807, 2.05) is 30.9 Å². The molecule has 1 aliphatic rings. The summed E-state index contributed by atoms with van der Waals surface area (Å²) in [6.45, 7) is 10.5. The Morgan fingerprint density at radius 2 is 1.16 bits per heavy atom. The molecule has 0 atom stereocenters. The fourth-order valence-corrected chi connectivity index (χ4v) is 3.53. The third-order valence-electron chi connectivity index (χ3n) is 5.57. The summed E-state index contributed by atoms with van der Waals surface area (Å²) in [4.78, 5) is 65.1. The average molecular weight is 595 g/mol. The number of carbonyl (C=O) groups is 2. The Morgan fingerprint density at radius 3 is 1.57 bits per heavy atom. The van der Waals surface area contributed by atoms with Gasteiger partial charge in [0.05, 0.1) is 13.1 Å². The molecule has 2 N–H and O–H groups in total. The van der Waals surface area contributed by atoms with Crippen LogP contribution in [0.5, 0.6) is 0 Å². The normalized spacial score (nSPS) is 15.9. The van der Waals surface area contributed by atoms with E-state index >= 15 is 0 Å². The first kappa shape index (κ1) is 37.0. The number of nitrogens with one attached hydrogen (secondary N) is 1. The molecule has 1 aromatic rings. The zero-order valence-electron chi connectivity index (χ0n) is 22.0. The van der Waals surface area contributed by atoms with Gasteiger partial charge in [-0.25, -0.2) is 0 Å². The summed E-state index contributed by atoms with van der Waals surface area (Å²) in [5.41, 5.74) is 2.84. The zero-order chi connectivity index (χ0) is 27.5. The van der Waals surface area contributed by atoms with E-state index < -0.39 is 5.97 Å². The van der Waals surface area contributed by atoms with E-state index in [1.165, 1.54) is 0 Å². The van der Waals surface area contributed by atoms with E-state index in [1.54, 1.807) is 0 Å². The molecule has 1 aliphatic heterocycles. The smallest absolute Gasteiger partial charge is 0.373 e. The fraction of sp³-hybridized carbons (Fsp3) is 0.583. The van der Waals surface area contributed by atoms with Crippen LogP contribution >= 0.6 is 0 Å². The van der Waals surface area contributed by atoms with Crippen LogP contribution in [0, 0.1) is 19.9 Å². The average Bonchev–Trinajstić information content (AvgIpc) is 2.80. The van der Waals surface area contributed by atoms with Gasteiger partial charge in [-0.1, -0.05) is 19.5 Å². The number of aryl methyl sites for hydroxylation is 2. The molecule has 1 saturated heterocycles. The van der Waals surface area contributed by atoms with Crippen LogP contribution in [0.3, 0.4) is 0 Å². The van der Waals surface area contributed by atoms with Gasteiger partial charge in [0, 0.05) is 85.1 Å². The Bertz CT molecular complexity index is 858. The first-order valence-electron chi connectivity index (χ1n) is 11.4. The number of hydrogen-bond acceptors (Lipinski definition) is 10. The van der Waals surface area contributed by atoms with Gasteiger partial charge < -0.3 is 20.2 Å². The topological polar surface area (TPSA) is 148 Å². The van der Waals surface area contributed by atoms with Crippen molar-refractivity contribution in [2.24, 2.45) is 0 Å². The monoisotopic (exact) mass is 595 g/mol. The van der Waals surface area contributed by atoms with Gasteiger partial charge in [0.1, 0.15) is 0 Å². The minimum atomic E-state index is -0.819. The van der Waals surface area contributed by atoms with Crippen molar-refractivity contribution in [2.45, 2.75) is 13.8 Å². The predicted molar refractivity (Wildman–Crippen MR) is 129 cm³/mol.